The second-order valence-electron chi connectivity index (χ2n) is 18.1. The molecular formula is C50H61IN6O7S. The Bertz CT molecular complexity index is 2470. The number of aliphatic hydroxyl groups is 1. The van der Waals surface area contributed by atoms with Crippen LogP contribution in [0.25, 0.3) is 32.6 Å². The number of benzene rings is 3. The molecule has 2 aromatic heterocycles. The molecule has 0 radical (unpaired) electrons. The van der Waals surface area contributed by atoms with E-state index in [9.17, 15) is 29.4 Å². The van der Waals surface area contributed by atoms with Gasteiger partial charge in [-0.05, 0) is 55.5 Å². The summed E-state index contributed by atoms with van der Waals surface area (Å²) in [6.07, 6.45) is 11.0. The molecule has 3 aromatic carbocycles. The van der Waals surface area contributed by atoms with Gasteiger partial charge < -0.3 is 5.11 Å². The van der Waals surface area contributed by atoms with E-state index in [1.807, 2.05) is 87.8 Å². The molecule has 4 N–H and O–H groups in total. The van der Waals surface area contributed by atoms with Gasteiger partial charge in [-0.1, -0.05) is 18.9 Å². The molecule has 1 saturated carbocycles. The number of aliphatic hydroxyl groups excluding tert-OH is 1. The van der Waals surface area contributed by atoms with Crippen LogP contribution in [0.1, 0.15) is 131 Å². The molecule has 2 fully saturated rings. The van der Waals surface area contributed by atoms with Gasteiger partial charge in [0.2, 0.25) is 0 Å². The number of hydrogen-bond acceptors (Lipinski definition) is 10. The van der Waals surface area contributed by atoms with Crippen LogP contribution in [0.2, 0.25) is 0 Å². The summed E-state index contributed by atoms with van der Waals surface area (Å²) < 4.78 is 8.55. The average molecular weight is 1020 g/mol. The zero-order chi connectivity index (χ0) is 46.1. The van der Waals surface area contributed by atoms with E-state index in [2.05, 4.69) is 23.8 Å². The fraction of sp³-hybridized carbons (Fsp3) is 0.460. The normalized spacial score (nSPS) is 16.8. The molecular weight excluding hydrogens is 956 g/mol. The topological polar surface area (TPSA) is 184 Å². The van der Waals surface area contributed by atoms with Gasteiger partial charge in [-0.3, -0.25) is 0 Å². The minimum atomic E-state index is -2.87. The molecule has 1 aliphatic carbocycles. The number of hydrogen-bond donors (Lipinski definition) is 4. The zero-order valence-corrected chi connectivity index (χ0v) is 40.8. The first-order valence-corrected chi connectivity index (χ1v) is 26.9. The standard InChI is InChI=1S/C50H61IN6O7S/c1-32-46(65-31-55-32)35-18-16-33(17-19-35)28-52-47(60)43-26-37(58)29-57(43)49(63)51(50(2,3)4)56-44(59)15-9-7-5-6-8-12-24-64-38-21-23-40-42(27-38)53-30-54-45(40)36-20-22-39(48(61)62)41(25-36)34-13-10-11-14-34/h16-23,25,27,30-31,34,37,43,58H,5-15,24,26,28-29H2,1-4H3,(H,52,60)(H,56,59)(H,61,62)/t37-,43+/m1/s1. The first-order chi connectivity index (χ1) is 31.3. The third-order valence-corrected chi connectivity index (χ3v) is 19.1. The molecule has 2 atom stereocenters. The number of β-amino-alcohol motifs (C(OH)–C–C–N with tert-alkyl or cyclic N) is 1. The van der Waals surface area contributed by atoms with Gasteiger partial charge in [0.1, 0.15) is 6.33 Å². The predicted octanol–water partition coefficient (Wildman–Crippen LogP) is 10.4. The van der Waals surface area contributed by atoms with Crippen LogP contribution in [0.4, 0.5) is 4.79 Å². The molecule has 13 nitrogen and oxygen atoms in total. The van der Waals surface area contributed by atoms with Gasteiger partial charge in [0.25, 0.3) is 0 Å². The number of amides is 3. The molecule has 0 unspecified atom stereocenters. The Morgan fingerprint density at radius 1 is 0.892 bits per heavy atom. The maximum atomic E-state index is 14.1. The second kappa shape index (κ2) is 22.0. The molecule has 3 amide bonds. The van der Waals surface area contributed by atoms with Crippen LogP contribution in [0.5, 0.6) is 5.75 Å². The molecule has 346 valence electrons. The van der Waals surface area contributed by atoms with Gasteiger partial charge in [-0.25, -0.2) is 19.7 Å². The van der Waals surface area contributed by atoms with Crippen LogP contribution in [0.15, 0.2) is 72.5 Å². The summed E-state index contributed by atoms with van der Waals surface area (Å²) in [4.78, 5) is 68.8. The number of halogens is 1. The van der Waals surface area contributed by atoms with Gasteiger partial charge in [-0.2, -0.15) is 0 Å². The minimum absolute atomic E-state index is 0.0674. The monoisotopic (exact) mass is 1020 g/mol. The summed E-state index contributed by atoms with van der Waals surface area (Å²) in [7, 11) is 0. The van der Waals surface area contributed by atoms with Crippen molar-refractivity contribution < 1.29 is 34.1 Å². The van der Waals surface area contributed by atoms with Crippen molar-refractivity contribution in [3.63, 3.8) is 0 Å². The summed E-state index contributed by atoms with van der Waals surface area (Å²) in [6, 6.07) is 18.5. The van der Waals surface area contributed by atoms with E-state index in [0.717, 1.165) is 119 Å². The summed E-state index contributed by atoms with van der Waals surface area (Å²) in [6.45, 7) is 8.79. The van der Waals surface area contributed by atoms with E-state index in [0.29, 0.717) is 25.1 Å². The van der Waals surface area contributed by atoms with Gasteiger partial charge >= 0.3 is 250 Å². The molecule has 0 spiro atoms. The van der Waals surface area contributed by atoms with E-state index in [4.69, 9.17) is 4.74 Å². The SMILES string of the molecule is Cc1ncsc1-c1ccc(CNC(=O)[C@@H]2C[C@@H](O)CN2C(=O)I(NC(=O)CCCCCCCCOc2ccc3c(-c4ccc(C(=O)O)c(C5CCCC5)c4)ncnc3c2)C(C)(C)C)cc1. The van der Waals surface area contributed by atoms with Gasteiger partial charge in [0.05, 0.1) is 22.3 Å². The molecule has 0 bridgehead atoms. The quantitative estimate of drug-likeness (QED) is 0.0155. The van der Waals surface area contributed by atoms with Crippen molar-refractivity contribution >= 4 is 64.0 Å². The average Bonchev–Trinajstić information content (AvgIpc) is 4.08. The zero-order valence-electron chi connectivity index (χ0n) is 37.8. The van der Waals surface area contributed by atoms with Gasteiger partial charge in [0.15, 0.2) is 0 Å². The Kier molecular flexibility index (Phi) is 16.2. The van der Waals surface area contributed by atoms with Crippen molar-refractivity contribution in [3.8, 4) is 27.4 Å². The number of carboxylic acid groups (broad SMARTS) is 1. The Morgan fingerprint density at radius 3 is 2.32 bits per heavy atom. The number of rotatable bonds is 19. The summed E-state index contributed by atoms with van der Waals surface area (Å²) in [5.74, 6) is -0.355. The van der Waals surface area contributed by atoms with E-state index in [1.165, 1.54) is 4.90 Å². The van der Waals surface area contributed by atoms with Crippen LogP contribution in [-0.4, -0.2) is 80.5 Å². The number of unbranched alkanes of at least 4 members (excludes halogenated alkanes) is 5. The Morgan fingerprint density at radius 2 is 1.62 bits per heavy atom. The molecule has 15 heteroatoms. The van der Waals surface area contributed by atoms with Crippen LogP contribution in [0, 0.1) is 6.92 Å². The number of alkyl halides is 1. The molecule has 1 saturated heterocycles. The molecule has 2 aliphatic rings. The third kappa shape index (κ3) is 12.3. The van der Waals surface area contributed by atoms with Crippen molar-refractivity contribution in [1.29, 1.82) is 0 Å². The van der Waals surface area contributed by atoms with Crippen LogP contribution in [-0.2, 0) is 16.1 Å². The van der Waals surface area contributed by atoms with Crippen molar-refractivity contribution in [2.75, 3.05) is 13.2 Å². The van der Waals surface area contributed by atoms with Gasteiger partial charge in [0, 0.05) is 17.0 Å². The Labute approximate surface area is 392 Å². The Balaban J connectivity index is 0.820. The number of fused-ring (bicyclic) bond motifs is 1. The predicted molar refractivity (Wildman–Crippen MR) is 264 cm³/mol. The fourth-order valence-electron chi connectivity index (χ4n) is 8.72. The molecule has 1 aliphatic heterocycles. The number of aromatic carboxylic acids is 1. The van der Waals surface area contributed by atoms with Crippen molar-refractivity contribution in [1.82, 2.24) is 28.7 Å². The maximum absolute atomic E-state index is 14.1. The molecule has 65 heavy (non-hydrogen) atoms. The van der Waals surface area contributed by atoms with Crippen molar-refractivity contribution in [2.24, 2.45) is 0 Å². The molecule has 5 aromatic rings. The first kappa shape index (κ1) is 47.9. The van der Waals surface area contributed by atoms with Gasteiger partial charge in [-0.15, -0.1) is 0 Å². The van der Waals surface area contributed by atoms with Crippen LogP contribution in [0.3, 0.4) is 0 Å². The summed E-state index contributed by atoms with van der Waals surface area (Å²) in [5, 5.41) is 24.3. The number of nitrogens with one attached hydrogen (secondary N) is 2. The van der Waals surface area contributed by atoms with E-state index < -0.39 is 41.6 Å². The van der Waals surface area contributed by atoms with Crippen LogP contribution < -0.4 is 13.6 Å². The summed E-state index contributed by atoms with van der Waals surface area (Å²) in [5.41, 5.74) is 8.48. The van der Waals surface area contributed by atoms with E-state index in [1.54, 1.807) is 23.7 Å². The number of nitrogens with zero attached hydrogens (tertiary/aromatic N) is 4. The van der Waals surface area contributed by atoms with E-state index >= 15 is 0 Å². The first-order valence-electron chi connectivity index (χ1n) is 22.8. The Hall–Kier alpha value is -5.00. The van der Waals surface area contributed by atoms with Crippen molar-refractivity contribution in [2.45, 2.75) is 133 Å². The van der Waals surface area contributed by atoms with Crippen LogP contribution >= 0.6 is 31.4 Å². The number of carboxylic acids is 1. The van der Waals surface area contributed by atoms with E-state index in [-0.39, 0.29) is 34.6 Å². The number of carbonyl (C=O) groups is 4. The second-order valence-corrected chi connectivity index (χ2v) is 25.2. The third-order valence-electron chi connectivity index (χ3n) is 12.2. The molecule has 7 rings (SSSR count). The van der Waals surface area contributed by atoms with Crippen molar-refractivity contribution in [3.05, 3.63) is 94.9 Å². The number of carbonyl (C=O) groups excluding carboxylic acids is 3. The number of likely N-dealkylation sites (tertiary alicyclic amines) is 1. The fourth-order valence-corrected chi connectivity index (χ4v) is 14.0. The number of aryl methyl sites for hydroxylation is 1. The summed E-state index contributed by atoms with van der Waals surface area (Å²) >= 11 is -1.28. The molecule has 3 heterocycles. The number of thiazole rings is 1. The number of aromatic nitrogens is 3. The number of ether oxygens (including phenoxy) is 1.